The van der Waals surface area contributed by atoms with Gasteiger partial charge in [0, 0.05) is 5.41 Å². The Morgan fingerprint density at radius 1 is 0.412 bits per heavy atom. The highest BCUT2D eigenvalue weighted by molar-refractivity contribution is 5.86. The number of hydrogen-bond donors (Lipinski definition) is 0. The summed E-state index contributed by atoms with van der Waals surface area (Å²) in [7, 11) is 0. The standard InChI is InChI=1S/C48H53F3/c1-3-5-7-9-11-19-31-47(32-20-12-10-8-6-4-2)44-33-38(36-21-15-13-16-22-36)26-29-42(44)43-30-27-39(34-45(43)47)40-25-28-41(37-23-17-14-18-24-37)46(35-40)48(49,50)51/h13-18,21-30,33-35H,3-12,19-20,31-32H2,1-2H3. The van der Waals surface area contributed by atoms with Gasteiger partial charge in [-0.25, -0.2) is 0 Å². The van der Waals surface area contributed by atoms with Gasteiger partial charge in [0.15, 0.2) is 0 Å². The van der Waals surface area contributed by atoms with E-state index in [0.29, 0.717) is 11.1 Å². The van der Waals surface area contributed by atoms with Crippen molar-refractivity contribution in [2.45, 2.75) is 115 Å². The lowest BCUT2D eigenvalue weighted by atomic mass is 9.70. The lowest BCUT2D eigenvalue weighted by Crippen LogP contribution is -2.25. The average Bonchev–Trinajstić information content (AvgIpc) is 3.42. The van der Waals surface area contributed by atoms with Crippen molar-refractivity contribution in [3.63, 3.8) is 0 Å². The van der Waals surface area contributed by atoms with Crippen molar-refractivity contribution < 1.29 is 13.2 Å². The number of rotatable bonds is 17. The Bertz CT molecular complexity index is 1840. The van der Waals surface area contributed by atoms with Crippen LogP contribution in [0.4, 0.5) is 13.2 Å². The Labute approximate surface area is 304 Å². The van der Waals surface area contributed by atoms with E-state index in [4.69, 9.17) is 0 Å². The zero-order valence-corrected chi connectivity index (χ0v) is 30.5. The van der Waals surface area contributed by atoms with Crippen molar-refractivity contribution in [1.82, 2.24) is 0 Å². The third kappa shape index (κ3) is 8.35. The molecule has 6 rings (SSSR count). The molecular weight excluding hydrogens is 634 g/mol. The first-order valence-electron chi connectivity index (χ1n) is 19.5. The molecule has 0 atom stereocenters. The van der Waals surface area contributed by atoms with Crippen molar-refractivity contribution in [2.75, 3.05) is 0 Å². The summed E-state index contributed by atoms with van der Waals surface area (Å²) in [5.41, 5.74) is 9.13. The maximum atomic E-state index is 14.6. The van der Waals surface area contributed by atoms with Crippen LogP contribution in [0.1, 0.15) is 120 Å². The minimum absolute atomic E-state index is 0.183. The van der Waals surface area contributed by atoms with Crippen molar-refractivity contribution in [3.05, 3.63) is 132 Å². The summed E-state index contributed by atoms with van der Waals surface area (Å²) in [5.74, 6) is 0. The average molecular weight is 687 g/mol. The zero-order valence-electron chi connectivity index (χ0n) is 30.5. The fourth-order valence-electron chi connectivity index (χ4n) is 8.39. The molecule has 266 valence electrons. The first kappa shape index (κ1) is 36.7. The number of benzene rings is 5. The summed E-state index contributed by atoms with van der Waals surface area (Å²) in [6, 6.07) is 37.9. The molecule has 1 aliphatic rings. The van der Waals surface area contributed by atoms with Crippen molar-refractivity contribution in [3.8, 4) is 44.5 Å². The van der Waals surface area contributed by atoms with Crippen LogP contribution in [0.5, 0.6) is 0 Å². The quantitative estimate of drug-likeness (QED) is 0.0854. The van der Waals surface area contributed by atoms with E-state index in [2.05, 4.69) is 74.5 Å². The Balaban J connectivity index is 1.45. The van der Waals surface area contributed by atoms with Crippen LogP contribution in [0.15, 0.2) is 115 Å². The predicted molar refractivity (Wildman–Crippen MR) is 210 cm³/mol. The second-order valence-corrected chi connectivity index (χ2v) is 14.6. The number of halogens is 3. The maximum absolute atomic E-state index is 14.6. The fraction of sp³-hybridized carbons (Fsp3) is 0.375. The van der Waals surface area contributed by atoms with Crippen molar-refractivity contribution in [1.29, 1.82) is 0 Å². The van der Waals surface area contributed by atoms with Crippen molar-refractivity contribution in [2.24, 2.45) is 0 Å². The summed E-state index contributed by atoms with van der Waals surface area (Å²) < 4.78 is 43.9. The zero-order chi connectivity index (χ0) is 35.7. The number of hydrogen-bond acceptors (Lipinski definition) is 0. The monoisotopic (exact) mass is 686 g/mol. The largest absolute Gasteiger partial charge is 0.417 e. The van der Waals surface area contributed by atoms with Gasteiger partial charge in [-0.2, -0.15) is 13.2 Å². The first-order chi connectivity index (χ1) is 24.9. The fourth-order valence-corrected chi connectivity index (χ4v) is 8.39. The smallest absolute Gasteiger partial charge is 0.166 e. The molecule has 0 fully saturated rings. The van der Waals surface area contributed by atoms with Crippen LogP contribution in [0, 0.1) is 0 Å². The molecular formula is C48H53F3. The van der Waals surface area contributed by atoms with E-state index in [9.17, 15) is 13.2 Å². The van der Waals surface area contributed by atoms with E-state index in [0.717, 1.165) is 31.2 Å². The molecule has 0 N–H and O–H groups in total. The van der Waals surface area contributed by atoms with Gasteiger partial charge < -0.3 is 0 Å². The summed E-state index contributed by atoms with van der Waals surface area (Å²) >= 11 is 0. The van der Waals surface area contributed by atoms with E-state index >= 15 is 0 Å². The van der Waals surface area contributed by atoms with Gasteiger partial charge in [0.25, 0.3) is 0 Å². The topological polar surface area (TPSA) is 0 Å². The van der Waals surface area contributed by atoms with E-state index < -0.39 is 11.7 Å². The van der Waals surface area contributed by atoms with Gasteiger partial charge in [0.1, 0.15) is 0 Å². The van der Waals surface area contributed by atoms with E-state index in [1.54, 1.807) is 30.3 Å². The number of unbranched alkanes of at least 4 members (excludes halogenated alkanes) is 10. The minimum Gasteiger partial charge on any atom is -0.166 e. The number of fused-ring (bicyclic) bond motifs is 3. The van der Waals surface area contributed by atoms with Gasteiger partial charge >= 0.3 is 6.18 Å². The third-order valence-electron chi connectivity index (χ3n) is 11.1. The molecule has 0 saturated carbocycles. The van der Waals surface area contributed by atoms with Crippen LogP contribution in [0.25, 0.3) is 44.5 Å². The Morgan fingerprint density at radius 3 is 1.31 bits per heavy atom. The molecule has 0 bridgehead atoms. The van der Waals surface area contributed by atoms with Crippen LogP contribution >= 0.6 is 0 Å². The molecule has 0 nitrogen and oxygen atoms in total. The molecule has 0 spiro atoms. The van der Waals surface area contributed by atoms with Gasteiger partial charge in [-0.05, 0) is 86.7 Å². The van der Waals surface area contributed by atoms with Gasteiger partial charge in [-0.1, -0.05) is 188 Å². The van der Waals surface area contributed by atoms with Crippen LogP contribution < -0.4 is 0 Å². The van der Waals surface area contributed by atoms with Crippen LogP contribution in [0.2, 0.25) is 0 Å². The van der Waals surface area contributed by atoms with Crippen LogP contribution in [-0.4, -0.2) is 0 Å². The Hall–Kier alpha value is -4.11. The third-order valence-corrected chi connectivity index (χ3v) is 11.1. The highest BCUT2D eigenvalue weighted by Gasteiger charge is 2.43. The lowest BCUT2D eigenvalue weighted by Gasteiger charge is -2.33. The highest BCUT2D eigenvalue weighted by atomic mass is 19.4. The van der Waals surface area contributed by atoms with Crippen molar-refractivity contribution >= 4 is 0 Å². The predicted octanol–water partition coefficient (Wildman–Crippen LogP) is 15.5. The molecule has 0 aromatic heterocycles. The second kappa shape index (κ2) is 16.9. The molecule has 0 unspecified atom stereocenters. The molecule has 0 aliphatic heterocycles. The molecule has 1 aliphatic carbocycles. The Kier molecular flexibility index (Phi) is 12.2. The van der Waals surface area contributed by atoms with E-state index in [1.165, 1.54) is 104 Å². The Morgan fingerprint density at radius 2 is 0.824 bits per heavy atom. The lowest BCUT2D eigenvalue weighted by molar-refractivity contribution is -0.137. The molecule has 0 amide bonds. The van der Waals surface area contributed by atoms with Crippen LogP contribution in [0.3, 0.4) is 0 Å². The summed E-state index contributed by atoms with van der Waals surface area (Å²) in [6.07, 6.45) is 12.4. The summed E-state index contributed by atoms with van der Waals surface area (Å²) in [5, 5.41) is 0. The molecule has 51 heavy (non-hydrogen) atoms. The SMILES string of the molecule is CCCCCCCCC1(CCCCCCCC)c2cc(-c3ccccc3)ccc2-c2ccc(-c3ccc(-c4ccccc4)c(C(F)(F)F)c3)cc21. The highest BCUT2D eigenvalue weighted by Crippen LogP contribution is 2.56. The molecule has 3 heteroatoms. The molecule has 0 heterocycles. The second-order valence-electron chi connectivity index (χ2n) is 14.6. The molecule has 0 radical (unpaired) electrons. The maximum Gasteiger partial charge on any atom is 0.417 e. The molecule has 5 aromatic rings. The van der Waals surface area contributed by atoms with E-state index in [-0.39, 0.29) is 11.0 Å². The van der Waals surface area contributed by atoms with Gasteiger partial charge in [0.2, 0.25) is 0 Å². The van der Waals surface area contributed by atoms with Gasteiger partial charge in [-0.15, -0.1) is 0 Å². The normalized spacial score (nSPS) is 13.3. The van der Waals surface area contributed by atoms with Gasteiger partial charge in [-0.3, -0.25) is 0 Å². The summed E-state index contributed by atoms with van der Waals surface area (Å²) in [4.78, 5) is 0. The number of alkyl halides is 3. The summed E-state index contributed by atoms with van der Waals surface area (Å²) in [6.45, 7) is 4.52. The van der Waals surface area contributed by atoms with Crippen LogP contribution in [-0.2, 0) is 11.6 Å². The van der Waals surface area contributed by atoms with E-state index in [1.807, 2.05) is 18.2 Å². The minimum atomic E-state index is -4.47. The first-order valence-corrected chi connectivity index (χ1v) is 19.5. The molecule has 5 aromatic carbocycles. The molecule has 0 saturated heterocycles. The van der Waals surface area contributed by atoms with Gasteiger partial charge in [0.05, 0.1) is 5.56 Å².